The van der Waals surface area contributed by atoms with Crippen molar-refractivity contribution in [1.29, 1.82) is 0 Å². The van der Waals surface area contributed by atoms with Crippen LogP contribution in [0.2, 0.25) is 0 Å². The molecule has 5 nitrogen and oxygen atoms in total. The van der Waals surface area contributed by atoms with Crippen LogP contribution in [-0.2, 0) is 16.1 Å². The third-order valence-corrected chi connectivity index (χ3v) is 5.65. The summed E-state index contributed by atoms with van der Waals surface area (Å²) in [6.07, 6.45) is 2.01. The molecule has 1 saturated heterocycles. The van der Waals surface area contributed by atoms with Crippen molar-refractivity contribution in [2.45, 2.75) is 44.9 Å². The molecule has 23 heavy (non-hydrogen) atoms. The van der Waals surface area contributed by atoms with Crippen LogP contribution in [0.3, 0.4) is 0 Å². The summed E-state index contributed by atoms with van der Waals surface area (Å²) < 4.78 is 11.1. The summed E-state index contributed by atoms with van der Waals surface area (Å²) in [5, 5.41) is 3.01. The van der Waals surface area contributed by atoms with E-state index in [0.717, 1.165) is 30.8 Å². The molecular weight excluding hydrogens is 292 g/mol. The molecule has 0 spiro atoms. The Kier molecular flexibility index (Phi) is 4.10. The van der Waals surface area contributed by atoms with Gasteiger partial charge in [0.15, 0.2) is 0 Å². The van der Waals surface area contributed by atoms with Gasteiger partial charge in [0.25, 0.3) is 0 Å². The number of benzene rings is 1. The molecule has 3 N–H and O–H groups in total. The predicted octanol–water partition coefficient (Wildman–Crippen LogP) is 1.84. The molecule has 0 radical (unpaired) electrons. The van der Waals surface area contributed by atoms with Gasteiger partial charge < -0.3 is 20.5 Å². The van der Waals surface area contributed by atoms with Crippen molar-refractivity contribution in [3.05, 3.63) is 29.8 Å². The maximum absolute atomic E-state index is 12.8. The number of amides is 1. The maximum Gasteiger partial charge on any atom is 0.241 e. The van der Waals surface area contributed by atoms with Gasteiger partial charge in [-0.1, -0.05) is 26.0 Å². The van der Waals surface area contributed by atoms with Crippen molar-refractivity contribution < 1.29 is 14.3 Å². The Morgan fingerprint density at radius 2 is 2.26 bits per heavy atom. The third kappa shape index (κ3) is 2.42. The van der Waals surface area contributed by atoms with E-state index in [-0.39, 0.29) is 23.3 Å². The Labute approximate surface area is 137 Å². The summed E-state index contributed by atoms with van der Waals surface area (Å²) in [6, 6.07) is 7.68. The second-order valence-corrected chi connectivity index (χ2v) is 7.17. The minimum atomic E-state index is -0.864. The fourth-order valence-corrected chi connectivity index (χ4v) is 4.15. The van der Waals surface area contributed by atoms with Gasteiger partial charge in [-0.2, -0.15) is 0 Å². The first-order chi connectivity index (χ1) is 10.9. The predicted molar refractivity (Wildman–Crippen MR) is 88.0 cm³/mol. The number of carbonyl (C=O) groups is 1. The Morgan fingerprint density at radius 1 is 1.48 bits per heavy atom. The zero-order valence-electron chi connectivity index (χ0n) is 14.1. The normalized spacial score (nSPS) is 31.7. The molecule has 126 valence electrons. The molecule has 1 heterocycles. The van der Waals surface area contributed by atoms with Crippen LogP contribution in [0.4, 0.5) is 0 Å². The van der Waals surface area contributed by atoms with E-state index in [0.29, 0.717) is 6.54 Å². The van der Waals surface area contributed by atoms with Crippen molar-refractivity contribution in [3.8, 4) is 5.75 Å². The van der Waals surface area contributed by atoms with Gasteiger partial charge in [0.1, 0.15) is 11.3 Å². The Balaban J connectivity index is 1.69. The van der Waals surface area contributed by atoms with Gasteiger partial charge in [-0.3, -0.25) is 4.79 Å². The lowest BCUT2D eigenvalue weighted by Gasteiger charge is -2.65. The highest BCUT2D eigenvalue weighted by atomic mass is 16.5. The van der Waals surface area contributed by atoms with Crippen LogP contribution in [0, 0.1) is 11.3 Å². The van der Waals surface area contributed by atoms with E-state index in [1.54, 1.807) is 7.11 Å². The van der Waals surface area contributed by atoms with Crippen LogP contribution in [-0.4, -0.2) is 31.3 Å². The standard InChI is InChI=1S/C18H26N2O3/c1-17(2)15-14(8-5-9-23-15)18(17,19)16(21)20-11-12-6-4-7-13(10-12)22-3/h4,6-7,10,14-15H,5,8-9,11,19H2,1-3H3,(H,20,21). The topological polar surface area (TPSA) is 73.6 Å². The lowest BCUT2D eigenvalue weighted by atomic mass is 9.46. The number of nitrogens with two attached hydrogens (primary N) is 1. The van der Waals surface area contributed by atoms with Gasteiger partial charge in [-0.05, 0) is 30.5 Å². The second-order valence-electron chi connectivity index (χ2n) is 7.17. The Morgan fingerprint density at radius 3 is 3.00 bits per heavy atom. The van der Waals surface area contributed by atoms with Gasteiger partial charge >= 0.3 is 0 Å². The summed E-state index contributed by atoms with van der Waals surface area (Å²) in [5.74, 6) is 0.803. The number of carbonyl (C=O) groups excluding carboxylic acids is 1. The summed E-state index contributed by atoms with van der Waals surface area (Å²) in [4.78, 5) is 12.8. The molecule has 1 aromatic rings. The molecule has 2 fully saturated rings. The zero-order chi connectivity index (χ0) is 16.7. The molecular formula is C18H26N2O3. The van der Waals surface area contributed by atoms with Gasteiger partial charge in [-0.25, -0.2) is 0 Å². The molecule has 0 aromatic heterocycles. The molecule has 1 aliphatic carbocycles. The molecule has 1 aromatic carbocycles. The van der Waals surface area contributed by atoms with Crippen molar-refractivity contribution in [3.63, 3.8) is 0 Å². The minimum absolute atomic E-state index is 0.0860. The van der Waals surface area contributed by atoms with Crippen LogP contribution in [0.25, 0.3) is 0 Å². The maximum atomic E-state index is 12.8. The smallest absolute Gasteiger partial charge is 0.241 e. The average Bonchev–Trinajstić information content (AvgIpc) is 2.59. The highest BCUT2D eigenvalue weighted by Crippen LogP contribution is 2.57. The SMILES string of the molecule is COc1cccc(CNC(=O)C2(N)C3CCCOC3C2(C)C)c1. The van der Waals surface area contributed by atoms with E-state index < -0.39 is 5.54 Å². The fourth-order valence-electron chi connectivity index (χ4n) is 4.15. The molecule has 3 unspecified atom stereocenters. The van der Waals surface area contributed by atoms with Crippen molar-refractivity contribution in [2.75, 3.05) is 13.7 Å². The van der Waals surface area contributed by atoms with E-state index in [1.165, 1.54) is 0 Å². The van der Waals surface area contributed by atoms with E-state index in [2.05, 4.69) is 5.32 Å². The molecule has 1 saturated carbocycles. The molecule has 1 aliphatic heterocycles. The monoisotopic (exact) mass is 318 g/mol. The van der Waals surface area contributed by atoms with E-state index in [1.807, 2.05) is 38.1 Å². The van der Waals surface area contributed by atoms with Crippen molar-refractivity contribution >= 4 is 5.91 Å². The number of methoxy groups -OCH3 is 1. The van der Waals surface area contributed by atoms with E-state index >= 15 is 0 Å². The number of ether oxygens (including phenoxy) is 2. The Hall–Kier alpha value is -1.59. The summed E-state index contributed by atoms with van der Waals surface area (Å²) in [7, 11) is 1.63. The van der Waals surface area contributed by atoms with Crippen LogP contribution in [0.1, 0.15) is 32.3 Å². The van der Waals surface area contributed by atoms with Crippen LogP contribution < -0.4 is 15.8 Å². The largest absolute Gasteiger partial charge is 0.497 e. The molecule has 0 bridgehead atoms. The van der Waals surface area contributed by atoms with Crippen molar-refractivity contribution in [2.24, 2.45) is 17.1 Å². The first kappa shape index (κ1) is 16.3. The van der Waals surface area contributed by atoms with Gasteiger partial charge in [-0.15, -0.1) is 0 Å². The van der Waals surface area contributed by atoms with E-state index in [9.17, 15) is 4.79 Å². The second kappa shape index (κ2) is 5.80. The fraction of sp³-hybridized carbons (Fsp3) is 0.611. The van der Waals surface area contributed by atoms with Gasteiger partial charge in [0, 0.05) is 24.5 Å². The molecule has 5 heteroatoms. The lowest BCUT2D eigenvalue weighted by Crippen LogP contribution is -2.82. The van der Waals surface area contributed by atoms with E-state index in [4.69, 9.17) is 15.2 Å². The molecule has 3 atom stereocenters. The van der Waals surface area contributed by atoms with Crippen LogP contribution in [0.15, 0.2) is 24.3 Å². The zero-order valence-corrected chi connectivity index (χ0v) is 14.1. The van der Waals surface area contributed by atoms with Crippen molar-refractivity contribution in [1.82, 2.24) is 5.32 Å². The minimum Gasteiger partial charge on any atom is -0.497 e. The lowest BCUT2D eigenvalue weighted by molar-refractivity contribution is -0.225. The van der Waals surface area contributed by atoms with Gasteiger partial charge in [0.05, 0.1) is 13.2 Å². The summed E-state index contributed by atoms with van der Waals surface area (Å²) in [5.41, 5.74) is 6.36. The Bertz CT molecular complexity index is 602. The highest BCUT2D eigenvalue weighted by molar-refractivity contribution is 5.89. The average molecular weight is 318 g/mol. The molecule has 2 aliphatic rings. The van der Waals surface area contributed by atoms with Crippen LogP contribution >= 0.6 is 0 Å². The summed E-state index contributed by atoms with van der Waals surface area (Å²) >= 11 is 0. The van der Waals surface area contributed by atoms with Gasteiger partial charge in [0.2, 0.25) is 5.91 Å². The molecule has 3 rings (SSSR count). The summed E-state index contributed by atoms with van der Waals surface area (Å²) in [6.45, 7) is 5.28. The number of nitrogens with one attached hydrogen (secondary N) is 1. The number of rotatable bonds is 4. The number of hydrogen-bond donors (Lipinski definition) is 2. The van der Waals surface area contributed by atoms with Crippen LogP contribution in [0.5, 0.6) is 5.75 Å². The third-order valence-electron chi connectivity index (χ3n) is 5.65. The number of fused-ring (bicyclic) bond motifs is 1. The molecule has 1 amide bonds. The number of hydrogen-bond acceptors (Lipinski definition) is 4. The first-order valence-corrected chi connectivity index (χ1v) is 8.23. The quantitative estimate of drug-likeness (QED) is 0.888. The highest BCUT2D eigenvalue weighted by Gasteiger charge is 2.70. The first-order valence-electron chi connectivity index (χ1n) is 8.23.